The van der Waals surface area contributed by atoms with Gasteiger partial charge in [-0.2, -0.15) is 15.0 Å². The van der Waals surface area contributed by atoms with Crippen LogP contribution < -0.4 is 15.4 Å². The van der Waals surface area contributed by atoms with E-state index in [0.29, 0.717) is 17.6 Å². The second kappa shape index (κ2) is 10.4. The molecule has 162 valence electrons. The number of anilines is 2. The number of hydrogen-bond donors (Lipinski definition) is 2. The lowest BCUT2D eigenvalue weighted by atomic mass is 10.2. The van der Waals surface area contributed by atoms with Crippen LogP contribution in [0.5, 0.6) is 11.8 Å². The van der Waals surface area contributed by atoms with Gasteiger partial charge < -0.3 is 24.8 Å². The zero-order valence-electron chi connectivity index (χ0n) is 17.9. The van der Waals surface area contributed by atoms with Crippen molar-refractivity contribution in [1.82, 2.24) is 15.0 Å². The number of carbonyl (C=O) groups is 2. The molecule has 1 atom stereocenters. The topological polar surface area (TPSA) is 125 Å². The summed E-state index contributed by atoms with van der Waals surface area (Å²) in [6.07, 6.45) is -0.998. The van der Waals surface area contributed by atoms with E-state index in [1.165, 1.54) is 26.2 Å². The largest absolute Gasteiger partial charge is 0.466 e. The van der Waals surface area contributed by atoms with E-state index in [0.717, 1.165) is 0 Å². The summed E-state index contributed by atoms with van der Waals surface area (Å²) in [7, 11) is 1.23. The van der Waals surface area contributed by atoms with Gasteiger partial charge in [0.15, 0.2) is 6.10 Å². The zero-order valence-corrected chi connectivity index (χ0v) is 17.9. The quantitative estimate of drug-likeness (QED) is 0.588. The first kappa shape index (κ1) is 22.9. The number of methoxy groups -OCH3 is 1. The summed E-state index contributed by atoms with van der Waals surface area (Å²) in [5, 5.41) is 6.24. The summed E-state index contributed by atoms with van der Waals surface area (Å²) in [5.41, 5.74) is 0.262. The monoisotopic (exact) mass is 417 g/mol. The number of nitrogens with one attached hydrogen (secondary N) is 2. The van der Waals surface area contributed by atoms with Crippen LogP contribution in [0, 0.1) is 0 Å². The van der Waals surface area contributed by atoms with Gasteiger partial charge in [0, 0.05) is 12.1 Å². The van der Waals surface area contributed by atoms with Crippen molar-refractivity contribution >= 4 is 23.8 Å². The first-order valence-corrected chi connectivity index (χ1v) is 9.53. The first-order chi connectivity index (χ1) is 14.2. The predicted octanol–water partition coefficient (Wildman–Crippen LogP) is 3.02. The maximum Gasteiger partial charge on any atom is 0.346 e. The SMILES string of the molecule is COC(=O)[C@H](C)OC(=O)c1ccc(Oc2nc(NC(C)C)nc(NC(C)C)n2)cc1. The van der Waals surface area contributed by atoms with Gasteiger partial charge in [-0.1, -0.05) is 0 Å². The predicted molar refractivity (Wildman–Crippen MR) is 111 cm³/mol. The van der Waals surface area contributed by atoms with Crippen molar-refractivity contribution < 1.29 is 23.8 Å². The molecule has 2 N–H and O–H groups in total. The highest BCUT2D eigenvalue weighted by Gasteiger charge is 2.19. The van der Waals surface area contributed by atoms with Gasteiger partial charge in [0.05, 0.1) is 12.7 Å². The van der Waals surface area contributed by atoms with Gasteiger partial charge >= 0.3 is 17.9 Å². The van der Waals surface area contributed by atoms with Crippen molar-refractivity contribution in [2.24, 2.45) is 0 Å². The number of hydrogen-bond acceptors (Lipinski definition) is 10. The molecule has 1 heterocycles. The highest BCUT2D eigenvalue weighted by atomic mass is 16.6. The minimum absolute atomic E-state index is 0.103. The van der Waals surface area contributed by atoms with Gasteiger partial charge in [0.25, 0.3) is 0 Å². The van der Waals surface area contributed by atoms with Crippen LogP contribution in [0.4, 0.5) is 11.9 Å². The van der Waals surface area contributed by atoms with Crippen LogP contribution in [0.25, 0.3) is 0 Å². The lowest BCUT2D eigenvalue weighted by Crippen LogP contribution is -2.25. The molecule has 1 aromatic heterocycles. The third-order valence-corrected chi connectivity index (χ3v) is 3.57. The molecule has 2 aromatic rings. The summed E-state index contributed by atoms with van der Waals surface area (Å²) >= 11 is 0. The molecule has 0 saturated carbocycles. The van der Waals surface area contributed by atoms with Crippen LogP contribution in [0.2, 0.25) is 0 Å². The Kier molecular flexibility index (Phi) is 7.90. The number of esters is 2. The Morgan fingerprint density at radius 1 is 0.867 bits per heavy atom. The van der Waals surface area contributed by atoms with Crippen molar-refractivity contribution in [3.8, 4) is 11.8 Å². The number of ether oxygens (including phenoxy) is 3. The molecule has 0 spiro atoms. The highest BCUT2D eigenvalue weighted by molar-refractivity contribution is 5.91. The van der Waals surface area contributed by atoms with E-state index in [4.69, 9.17) is 9.47 Å². The number of aromatic nitrogens is 3. The van der Waals surface area contributed by atoms with Crippen LogP contribution in [0.1, 0.15) is 45.0 Å². The average molecular weight is 417 g/mol. The Bertz CT molecular complexity index is 842. The molecule has 10 heteroatoms. The molecule has 0 saturated heterocycles. The van der Waals surface area contributed by atoms with Gasteiger partial charge in [-0.25, -0.2) is 9.59 Å². The Labute approximate surface area is 175 Å². The molecule has 0 unspecified atom stereocenters. The number of rotatable bonds is 9. The van der Waals surface area contributed by atoms with E-state index in [1.54, 1.807) is 12.1 Å². The molecule has 0 fully saturated rings. The van der Waals surface area contributed by atoms with Crippen LogP contribution in [-0.4, -0.2) is 52.2 Å². The van der Waals surface area contributed by atoms with Gasteiger partial charge in [-0.05, 0) is 58.9 Å². The number of carbonyl (C=O) groups excluding carboxylic acids is 2. The first-order valence-electron chi connectivity index (χ1n) is 9.53. The van der Waals surface area contributed by atoms with Crippen molar-refractivity contribution in [3.63, 3.8) is 0 Å². The van der Waals surface area contributed by atoms with Gasteiger partial charge in [-0.3, -0.25) is 0 Å². The molecule has 0 bridgehead atoms. The summed E-state index contributed by atoms with van der Waals surface area (Å²) < 4.78 is 15.3. The molecular weight excluding hydrogens is 390 g/mol. The van der Waals surface area contributed by atoms with Crippen molar-refractivity contribution in [3.05, 3.63) is 29.8 Å². The lowest BCUT2D eigenvalue weighted by Gasteiger charge is -2.13. The second-order valence-corrected chi connectivity index (χ2v) is 7.06. The molecule has 0 aliphatic heterocycles. The maximum absolute atomic E-state index is 12.1. The Morgan fingerprint density at radius 3 is 1.87 bits per heavy atom. The summed E-state index contributed by atoms with van der Waals surface area (Å²) in [4.78, 5) is 36.3. The summed E-state index contributed by atoms with van der Waals surface area (Å²) in [6.45, 7) is 9.32. The van der Waals surface area contributed by atoms with Crippen molar-refractivity contribution in [1.29, 1.82) is 0 Å². The molecule has 30 heavy (non-hydrogen) atoms. The second-order valence-electron chi connectivity index (χ2n) is 7.06. The van der Waals surface area contributed by atoms with E-state index >= 15 is 0 Å². The van der Waals surface area contributed by atoms with Crippen LogP contribution in [-0.2, 0) is 14.3 Å². The van der Waals surface area contributed by atoms with Gasteiger partial charge in [0.2, 0.25) is 11.9 Å². The zero-order chi connectivity index (χ0) is 22.3. The third-order valence-electron chi connectivity index (χ3n) is 3.57. The van der Waals surface area contributed by atoms with Gasteiger partial charge in [-0.15, -0.1) is 0 Å². The summed E-state index contributed by atoms with van der Waals surface area (Å²) in [5.74, 6) is -0.0868. The number of nitrogens with zero attached hydrogens (tertiary/aromatic N) is 3. The van der Waals surface area contributed by atoms with E-state index < -0.39 is 18.0 Å². The Hall–Kier alpha value is -3.43. The lowest BCUT2D eigenvalue weighted by molar-refractivity contribution is -0.149. The molecule has 0 aliphatic carbocycles. The average Bonchev–Trinajstić information content (AvgIpc) is 2.66. The van der Waals surface area contributed by atoms with E-state index in [1.807, 2.05) is 27.7 Å². The fourth-order valence-corrected chi connectivity index (χ4v) is 2.25. The van der Waals surface area contributed by atoms with Gasteiger partial charge in [0.1, 0.15) is 5.75 Å². The normalized spacial score (nSPS) is 11.7. The Morgan fingerprint density at radius 2 is 1.40 bits per heavy atom. The van der Waals surface area contributed by atoms with E-state index in [2.05, 4.69) is 30.3 Å². The molecule has 2 rings (SSSR count). The fraction of sp³-hybridized carbons (Fsp3) is 0.450. The molecule has 0 aliphatic rings. The highest BCUT2D eigenvalue weighted by Crippen LogP contribution is 2.21. The maximum atomic E-state index is 12.1. The molecule has 0 amide bonds. The Balaban J connectivity index is 2.13. The molecule has 10 nitrogen and oxygen atoms in total. The third kappa shape index (κ3) is 6.87. The van der Waals surface area contributed by atoms with Crippen LogP contribution in [0.15, 0.2) is 24.3 Å². The minimum Gasteiger partial charge on any atom is -0.466 e. The minimum atomic E-state index is -0.998. The van der Waals surface area contributed by atoms with Crippen LogP contribution >= 0.6 is 0 Å². The van der Waals surface area contributed by atoms with Crippen LogP contribution in [0.3, 0.4) is 0 Å². The smallest absolute Gasteiger partial charge is 0.346 e. The van der Waals surface area contributed by atoms with E-state index in [9.17, 15) is 9.59 Å². The van der Waals surface area contributed by atoms with E-state index in [-0.39, 0.29) is 23.7 Å². The van der Waals surface area contributed by atoms with Crippen molar-refractivity contribution in [2.45, 2.75) is 52.8 Å². The van der Waals surface area contributed by atoms with Crippen molar-refractivity contribution in [2.75, 3.05) is 17.7 Å². The standard InChI is InChI=1S/C20H27N5O5/c1-11(2)21-18-23-19(22-12(3)4)25-20(24-18)30-15-9-7-14(8-10-15)17(27)29-13(5)16(26)28-6/h7-13H,1-6H3,(H2,21,22,23,24,25)/t13-/m0/s1. The molecule has 0 radical (unpaired) electrons. The molecular formula is C20H27N5O5. The molecule has 1 aromatic carbocycles. The number of benzene rings is 1. The fourth-order valence-electron chi connectivity index (χ4n) is 2.25. The summed E-state index contributed by atoms with van der Waals surface area (Å²) in [6, 6.07) is 6.55.